The van der Waals surface area contributed by atoms with Gasteiger partial charge >= 0.3 is 5.97 Å². The number of nitrogens with one attached hydrogen (secondary N) is 1. The molecule has 0 saturated carbocycles. The zero-order valence-electron chi connectivity index (χ0n) is 11.3. The molecule has 0 fully saturated rings. The quantitative estimate of drug-likeness (QED) is 0.729. The van der Waals surface area contributed by atoms with E-state index in [1.165, 1.54) is 12.3 Å². The van der Waals surface area contributed by atoms with Crippen molar-refractivity contribution in [3.63, 3.8) is 0 Å². The normalized spacial score (nSPS) is 10.3. The van der Waals surface area contributed by atoms with Crippen LogP contribution in [0.25, 0.3) is 0 Å². The van der Waals surface area contributed by atoms with Gasteiger partial charge in [0.25, 0.3) is 5.91 Å². The predicted molar refractivity (Wildman–Crippen MR) is 71.7 cm³/mol. The molecular formula is C13H14N4O4. The van der Waals surface area contributed by atoms with Gasteiger partial charge < -0.3 is 15.5 Å². The number of hydrogen-bond donors (Lipinski definition) is 3. The van der Waals surface area contributed by atoms with Gasteiger partial charge in [-0.05, 0) is 18.6 Å². The van der Waals surface area contributed by atoms with Crippen molar-refractivity contribution in [3.8, 4) is 5.75 Å². The Bertz CT molecular complexity index is 681. The minimum atomic E-state index is -1.03. The molecule has 1 amide bonds. The molecule has 2 rings (SSSR count). The molecule has 0 saturated heterocycles. The molecule has 0 aliphatic carbocycles. The molecule has 8 heteroatoms. The molecule has 110 valence electrons. The van der Waals surface area contributed by atoms with Gasteiger partial charge in [-0.15, -0.1) is 5.10 Å². The number of aliphatic carboxylic acids is 1. The lowest BCUT2D eigenvalue weighted by Gasteiger charge is -2.06. The number of carboxylic acids is 1. The SMILES string of the molecule is Cc1cccc(C(=O)NCc2cn(CC(=O)O)nn2)c1O. The van der Waals surface area contributed by atoms with Crippen LogP contribution < -0.4 is 5.32 Å². The van der Waals surface area contributed by atoms with Crippen LogP contribution >= 0.6 is 0 Å². The Labute approximate surface area is 120 Å². The van der Waals surface area contributed by atoms with E-state index >= 15 is 0 Å². The van der Waals surface area contributed by atoms with Gasteiger partial charge in [0.2, 0.25) is 0 Å². The number of aromatic nitrogens is 3. The molecule has 0 aliphatic heterocycles. The Morgan fingerprint density at radius 2 is 2.14 bits per heavy atom. The third-order valence-corrected chi connectivity index (χ3v) is 2.80. The highest BCUT2D eigenvalue weighted by Gasteiger charge is 2.13. The van der Waals surface area contributed by atoms with Crippen molar-refractivity contribution in [2.75, 3.05) is 0 Å². The van der Waals surface area contributed by atoms with Gasteiger partial charge in [-0.1, -0.05) is 17.3 Å². The number of carbonyl (C=O) groups is 2. The first-order chi connectivity index (χ1) is 9.97. The first kappa shape index (κ1) is 14.5. The standard InChI is InChI=1S/C13H14N4O4/c1-8-3-2-4-10(12(8)20)13(21)14-5-9-6-17(16-15-9)7-11(18)19/h2-4,6,20H,5,7H2,1H3,(H,14,21)(H,18,19). The molecule has 0 unspecified atom stereocenters. The molecule has 1 heterocycles. The van der Waals surface area contributed by atoms with Gasteiger partial charge in [-0.25, -0.2) is 4.68 Å². The summed E-state index contributed by atoms with van der Waals surface area (Å²) in [4.78, 5) is 22.5. The third-order valence-electron chi connectivity index (χ3n) is 2.80. The molecule has 0 spiro atoms. The summed E-state index contributed by atoms with van der Waals surface area (Å²) in [6, 6.07) is 4.88. The van der Waals surface area contributed by atoms with Crippen LogP contribution in [0.5, 0.6) is 5.75 Å². The number of aromatic hydroxyl groups is 1. The van der Waals surface area contributed by atoms with E-state index in [2.05, 4.69) is 15.6 Å². The minimum absolute atomic E-state index is 0.0652. The number of carbonyl (C=O) groups excluding carboxylic acids is 1. The van der Waals surface area contributed by atoms with Crippen LogP contribution in [0.2, 0.25) is 0 Å². The number of amides is 1. The molecule has 8 nitrogen and oxygen atoms in total. The first-order valence-electron chi connectivity index (χ1n) is 6.15. The van der Waals surface area contributed by atoms with Gasteiger partial charge in [0.15, 0.2) is 0 Å². The second-order valence-electron chi connectivity index (χ2n) is 4.45. The van der Waals surface area contributed by atoms with Crippen molar-refractivity contribution in [2.24, 2.45) is 0 Å². The fourth-order valence-corrected chi connectivity index (χ4v) is 1.74. The van der Waals surface area contributed by atoms with Crippen molar-refractivity contribution in [1.82, 2.24) is 20.3 Å². The number of phenolic OH excluding ortho intramolecular Hbond substituents is 1. The Morgan fingerprint density at radius 1 is 1.38 bits per heavy atom. The van der Waals surface area contributed by atoms with Gasteiger partial charge in [-0.2, -0.15) is 0 Å². The van der Waals surface area contributed by atoms with Gasteiger partial charge in [0.1, 0.15) is 18.0 Å². The summed E-state index contributed by atoms with van der Waals surface area (Å²) in [5, 5.41) is 28.4. The summed E-state index contributed by atoms with van der Waals surface area (Å²) in [6.07, 6.45) is 1.44. The molecule has 1 aromatic carbocycles. The van der Waals surface area contributed by atoms with E-state index in [9.17, 15) is 14.7 Å². The average molecular weight is 290 g/mol. The van der Waals surface area contributed by atoms with Crippen LogP contribution in [-0.4, -0.2) is 37.1 Å². The second kappa shape index (κ2) is 6.04. The zero-order chi connectivity index (χ0) is 15.4. The Morgan fingerprint density at radius 3 is 2.86 bits per heavy atom. The van der Waals surface area contributed by atoms with E-state index in [1.807, 2.05) is 0 Å². The highest BCUT2D eigenvalue weighted by Crippen LogP contribution is 2.21. The van der Waals surface area contributed by atoms with Crippen molar-refractivity contribution < 1.29 is 19.8 Å². The molecule has 3 N–H and O–H groups in total. The molecule has 1 aromatic heterocycles. The van der Waals surface area contributed by atoms with E-state index in [-0.39, 0.29) is 24.4 Å². The Kier molecular flexibility index (Phi) is 4.17. The van der Waals surface area contributed by atoms with Crippen LogP contribution in [0.3, 0.4) is 0 Å². The van der Waals surface area contributed by atoms with Crippen LogP contribution in [0.4, 0.5) is 0 Å². The van der Waals surface area contributed by atoms with Gasteiger partial charge in [0, 0.05) is 0 Å². The number of para-hydroxylation sites is 1. The van der Waals surface area contributed by atoms with Crippen LogP contribution in [-0.2, 0) is 17.9 Å². The lowest BCUT2D eigenvalue weighted by molar-refractivity contribution is -0.137. The number of carboxylic acid groups (broad SMARTS) is 1. The van der Waals surface area contributed by atoms with Crippen molar-refractivity contribution in [1.29, 1.82) is 0 Å². The van der Waals surface area contributed by atoms with E-state index in [0.717, 1.165) is 4.68 Å². The van der Waals surface area contributed by atoms with Gasteiger partial charge in [-0.3, -0.25) is 9.59 Å². The highest BCUT2D eigenvalue weighted by atomic mass is 16.4. The second-order valence-corrected chi connectivity index (χ2v) is 4.45. The molecule has 0 bridgehead atoms. The largest absolute Gasteiger partial charge is 0.507 e. The highest BCUT2D eigenvalue weighted by molar-refractivity contribution is 5.97. The summed E-state index contributed by atoms with van der Waals surface area (Å²) in [5.41, 5.74) is 1.21. The number of rotatable bonds is 5. The summed E-state index contributed by atoms with van der Waals surface area (Å²) >= 11 is 0. The van der Waals surface area contributed by atoms with Crippen molar-refractivity contribution >= 4 is 11.9 Å². The molecule has 21 heavy (non-hydrogen) atoms. The number of aryl methyl sites for hydroxylation is 1. The summed E-state index contributed by atoms with van der Waals surface area (Å²) in [7, 11) is 0. The summed E-state index contributed by atoms with van der Waals surface area (Å²) < 4.78 is 1.16. The van der Waals surface area contributed by atoms with E-state index in [0.29, 0.717) is 11.3 Å². The smallest absolute Gasteiger partial charge is 0.325 e. The summed E-state index contributed by atoms with van der Waals surface area (Å²) in [6.45, 7) is 1.50. The number of benzene rings is 1. The molecule has 2 aromatic rings. The maximum Gasteiger partial charge on any atom is 0.325 e. The maximum atomic E-state index is 12.0. The molecule has 0 aliphatic rings. The van der Waals surface area contributed by atoms with E-state index < -0.39 is 11.9 Å². The molecule has 0 atom stereocenters. The first-order valence-corrected chi connectivity index (χ1v) is 6.15. The van der Waals surface area contributed by atoms with Crippen molar-refractivity contribution in [3.05, 3.63) is 41.2 Å². The average Bonchev–Trinajstić information content (AvgIpc) is 2.86. The Balaban J connectivity index is 1.99. The maximum absolute atomic E-state index is 12.0. The fraction of sp³-hybridized carbons (Fsp3) is 0.231. The zero-order valence-corrected chi connectivity index (χ0v) is 11.3. The van der Waals surface area contributed by atoms with Gasteiger partial charge in [0.05, 0.1) is 18.3 Å². The molecule has 0 radical (unpaired) electrons. The Hall–Kier alpha value is -2.90. The van der Waals surface area contributed by atoms with Crippen molar-refractivity contribution in [2.45, 2.75) is 20.0 Å². The van der Waals surface area contributed by atoms with E-state index in [1.54, 1.807) is 19.1 Å². The minimum Gasteiger partial charge on any atom is -0.507 e. The lowest BCUT2D eigenvalue weighted by Crippen LogP contribution is -2.23. The number of nitrogens with zero attached hydrogens (tertiary/aromatic N) is 3. The number of phenols is 1. The lowest BCUT2D eigenvalue weighted by atomic mass is 10.1. The van der Waals surface area contributed by atoms with Crippen LogP contribution in [0.15, 0.2) is 24.4 Å². The van der Waals surface area contributed by atoms with Crippen LogP contribution in [0.1, 0.15) is 21.6 Å². The summed E-state index contributed by atoms with van der Waals surface area (Å²) in [5.74, 6) is -1.53. The van der Waals surface area contributed by atoms with E-state index in [4.69, 9.17) is 5.11 Å². The predicted octanol–water partition coefficient (Wildman–Crippen LogP) is 0.307. The van der Waals surface area contributed by atoms with Crippen LogP contribution in [0, 0.1) is 6.92 Å². The topological polar surface area (TPSA) is 117 Å². The number of hydrogen-bond acceptors (Lipinski definition) is 5. The third kappa shape index (κ3) is 3.56. The monoisotopic (exact) mass is 290 g/mol. The molecular weight excluding hydrogens is 276 g/mol. The fourth-order valence-electron chi connectivity index (χ4n) is 1.74.